The van der Waals surface area contributed by atoms with E-state index in [1.54, 1.807) is 7.11 Å². The van der Waals surface area contributed by atoms with Crippen molar-refractivity contribution in [1.29, 1.82) is 0 Å². The summed E-state index contributed by atoms with van der Waals surface area (Å²) in [5, 5.41) is 8.25. The Labute approximate surface area is 108 Å². The average molecular weight is 254 g/mol. The summed E-state index contributed by atoms with van der Waals surface area (Å²) >= 11 is 0. The van der Waals surface area contributed by atoms with Crippen molar-refractivity contribution >= 4 is 5.78 Å². The molecule has 0 amide bonds. The fraction of sp³-hybridized carbons (Fsp3) is 0.462. The van der Waals surface area contributed by atoms with Gasteiger partial charge in [-0.1, -0.05) is 19.1 Å². The van der Waals surface area contributed by atoms with Crippen molar-refractivity contribution in [2.75, 3.05) is 21.3 Å². The van der Waals surface area contributed by atoms with Crippen LogP contribution in [0.1, 0.15) is 24.9 Å². The Kier molecular flexibility index (Phi) is 8.82. The summed E-state index contributed by atoms with van der Waals surface area (Å²) in [7, 11) is 3.84. The lowest BCUT2D eigenvalue weighted by Gasteiger charge is -2.16. The minimum atomic E-state index is -0.440. The van der Waals surface area contributed by atoms with Gasteiger partial charge in [0.25, 0.3) is 0 Å². The van der Waals surface area contributed by atoms with Gasteiger partial charge in [0.2, 0.25) is 0 Å². The average Bonchev–Trinajstić information content (AvgIpc) is 2.46. The monoisotopic (exact) mass is 254 g/mol. The molecule has 1 atom stereocenters. The maximum absolute atomic E-state index is 11.7. The fourth-order valence-corrected chi connectivity index (χ4v) is 1.46. The van der Waals surface area contributed by atoms with Gasteiger partial charge in [-0.15, -0.1) is 0 Å². The van der Waals surface area contributed by atoms with Crippen LogP contribution in [-0.4, -0.2) is 27.1 Å². The van der Waals surface area contributed by atoms with Gasteiger partial charge in [0.15, 0.2) is 5.78 Å². The molecule has 1 N–H and O–H groups in total. The maximum atomic E-state index is 11.7. The van der Waals surface area contributed by atoms with Crippen molar-refractivity contribution < 1.29 is 19.5 Å². The molecule has 0 spiro atoms. The zero-order chi connectivity index (χ0) is 14.0. The van der Waals surface area contributed by atoms with E-state index in [-0.39, 0.29) is 5.78 Å². The molecule has 0 aliphatic rings. The standard InChI is InChI=1S/C12H17NO3.CH3O/c1-4-11(14)12(13-16-3)9-6-5-7-10(8-9)15-2;1-2/h5-8,12-13H,4H2,1-3H3;1H3. The summed E-state index contributed by atoms with van der Waals surface area (Å²) in [6, 6.07) is 6.94. The third-order valence-corrected chi connectivity index (χ3v) is 2.33. The van der Waals surface area contributed by atoms with E-state index in [2.05, 4.69) is 5.48 Å². The highest BCUT2D eigenvalue weighted by Crippen LogP contribution is 2.20. The molecule has 0 saturated carbocycles. The SMILES string of the molecule is CCC(=O)C(NOC)c1cccc(OC)c1.C[O]. The maximum Gasteiger partial charge on any atom is 0.156 e. The van der Waals surface area contributed by atoms with Gasteiger partial charge in [-0.25, -0.2) is 5.11 Å². The third kappa shape index (κ3) is 4.83. The molecule has 1 aromatic rings. The summed E-state index contributed by atoms with van der Waals surface area (Å²) in [5.41, 5.74) is 3.54. The van der Waals surface area contributed by atoms with Crippen molar-refractivity contribution in [3.05, 3.63) is 29.8 Å². The van der Waals surface area contributed by atoms with Crippen LogP contribution in [0.3, 0.4) is 0 Å². The topological polar surface area (TPSA) is 67.5 Å². The molecular formula is C13H20NO4. The molecule has 1 radical (unpaired) electrons. The molecule has 1 aromatic carbocycles. The second-order valence-corrected chi connectivity index (χ2v) is 3.35. The molecule has 0 fully saturated rings. The molecular weight excluding hydrogens is 234 g/mol. The molecule has 1 rings (SSSR count). The van der Waals surface area contributed by atoms with Crippen molar-refractivity contribution in [3.8, 4) is 5.75 Å². The van der Waals surface area contributed by atoms with Crippen LogP contribution in [0.25, 0.3) is 0 Å². The van der Waals surface area contributed by atoms with Gasteiger partial charge in [0, 0.05) is 6.42 Å². The fourth-order valence-electron chi connectivity index (χ4n) is 1.46. The van der Waals surface area contributed by atoms with Crippen molar-refractivity contribution in [1.82, 2.24) is 5.48 Å². The highest BCUT2D eigenvalue weighted by molar-refractivity contribution is 5.85. The molecule has 0 aromatic heterocycles. The van der Waals surface area contributed by atoms with Crippen LogP contribution in [0, 0.1) is 0 Å². The van der Waals surface area contributed by atoms with E-state index in [0.717, 1.165) is 18.4 Å². The van der Waals surface area contributed by atoms with Gasteiger partial charge in [-0.3, -0.25) is 4.79 Å². The van der Waals surface area contributed by atoms with Gasteiger partial charge in [-0.2, -0.15) is 5.48 Å². The molecule has 5 nitrogen and oxygen atoms in total. The molecule has 0 aliphatic heterocycles. The Morgan fingerprint density at radius 1 is 1.33 bits per heavy atom. The Hall–Kier alpha value is -1.43. The van der Waals surface area contributed by atoms with E-state index >= 15 is 0 Å². The van der Waals surface area contributed by atoms with Crippen molar-refractivity contribution in [2.45, 2.75) is 19.4 Å². The number of rotatable bonds is 6. The number of ketones is 1. The Morgan fingerprint density at radius 2 is 2.00 bits per heavy atom. The minimum Gasteiger partial charge on any atom is -0.497 e. The van der Waals surface area contributed by atoms with E-state index in [4.69, 9.17) is 14.7 Å². The molecule has 0 saturated heterocycles. The summed E-state index contributed by atoms with van der Waals surface area (Å²) in [4.78, 5) is 16.6. The van der Waals surface area contributed by atoms with Gasteiger partial charge in [0.1, 0.15) is 11.8 Å². The lowest BCUT2D eigenvalue weighted by atomic mass is 10.0. The highest BCUT2D eigenvalue weighted by atomic mass is 16.6. The van der Waals surface area contributed by atoms with Gasteiger partial charge >= 0.3 is 0 Å². The largest absolute Gasteiger partial charge is 0.497 e. The molecule has 0 aliphatic carbocycles. The first kappa shape index (κ1) is 16.6. The number of carbonyl (C=O) groups excluding carboxylic acids is 1. The minimum absolute atomic E-state index is 0.0788. The summed E-state index contributed by atoms with van der Waals surface area (Å²) < 4.78 is 5.12. The zero-order valence-corrected chi connectivity index (χ0v) is 11.2. The number of nitrogens with one attached hydrogen (secondary N) is 1. The first-order valence-corrected chi connectivity index (χ1v) is 5.59. The quantitative estimate of drug-likeness (QED) is 0.787. The van der Waals surface area contributed by atoms with Crippen molar-refractivity contribution in [2.24, 2.45) is 0 Å². The number of hydrogen-bond acceptors (Lipinski definition) is 4. The number of benzene rings is 1. The molecule has 5 heteroatoms. The van der Waals surface area contributed by atoms with E-state index in [9.17, 15) is 4.79 Å². The lowest BCUT2D eigenvalue weighted by Crippen LogP contribution is -2.27. The first-order valence-electron chi connectivity index (χ1n) is 5.59. The van der Waals surface area contributed by atoms with Gasteiger partial charge in [0.05, 0.1) is 21.3 Å². The van der Waals surface area contributed by atoms with Crippen LogP contribution in [0.15, 0.2) is 24.3 Å². The summed E-state index contributed by atoms with van der Waals surface area (Å²) in [6.45, 7) is 1.83. The van der Waals surface area contributed by atoms with Crippen LogP contribution in [0.4, 0.5) is 0 Å². The zero-order valence-electron chi connectivity index (χ0n) is 11.2. The normalized spacial score (nSPS) is 11.2. The number of hydroxylamine groups is 1. The molecule has 18 heavy (non-hydrogen) atoms. The smallest absolute Gasteiger partial charge is 0.156 e. The van der Waals surface area contributed by atoms with Crippen LogP contribution < -0.4 is 10.2 Å². The first-order chi connectivity index (χ1) is 8.72. The predicted molar refractivity (Wildman–Crippen MR) is 67.8 cm³/mol. The third-order valence-electron chi connectivity index (χ3n) is 2.33. The Bertz CT molecular complexity index is 355. The summed E-state index contributed by atoms with van der Waals surface area (Å²) in [6.07, 6.45) is 0.457. The summed E-state index contributed by atoms with van der Waals surface area (Å²) in [5.74, 6) is 0.805. The second-order valence-electron chi connectivity index (χ2n) is 3.35. The number of carbonyl (C=O) groups is 1. The van der Waals surface area contributed by atoms with E-state index in [1.165, 1.54) is 7.11 Å². The number of ether oxygens (including phenoxy) is 1. The van der Waals surface area contributed by atoms with Crippen LogP contribution >= 0.6 is 0 Å². The Morgan fingerprint density at radius 3 is 2.50 bits per heavy atom. The molecule has 101 valence electrons. The predicted octanol–water partition coefficient (Wildman–Crippen LogP) is 1.91. The number of Topliss-reactive ketones (excluding diaryl/α,β-unsaturated/α-hetero) is 1. The number of hydrogen-bond donors (Lipinski definition) is 1. The number of methoxy groups -OCH3 is 1. The van der Waals surface area contributed by atoms with E-state index in [0.29, 0.717) is 6.42 Å². The lowest BCUT2D eigenvalue weighted by molar-refractivity contribution is -0.124. The molecule has 1 unspecified atom stereocenters. The highest BCUT2D eigenvalue weighted by Gasteiger charge is 2.18. The van der Waals surface area contributed by atoms with Crippen molar-refractivity contribution in [3.63, 3.8) is 0 Å². The Balaban J connectivity index is 0.00000137. The molecule has 0 heterocycles. The van der Waals surface area contributed by atoms with Crippen LogP contribution in [-0.2, 0) is 14.7 Å². The van der Waals surface area contributed by atoms with Gasteiger partial charge < -0.3 is 9.57 Å². The van der Waals surface area contributed by atoms with E-state index in [1.807, 2.05) is 31.2 Å². The van der Waals surface area contributed by atoms with Gasteiger partial charge in [-0.05, 0) is 17.7 Å². The molecule has 0 bridgehead atoms. The van der Waals surface area contributed by atoms with Crippen LogP contribution in [0.5, 0.6) is 5.75 Å². The second kappa shape index (κ2) is 9.58. The van der Waals surface area contributed by atoms with E-state index < -0.39 is 6.04 Å². The van der Waals surface area contributed by atoms with Crippen LogP contribution in [0.2, 0.25) is 0 Å².